The monoisotopic (exact) mass is 190 g/mol. The molecule has 9 heavy (non-hydrogen) atoms. The molecule has 0 saturated carbocycles. The number of carbonyl (C=O) groups is 1. The highest BCUT2D eigenvalue weighted by molar-refractivity contribution is 9.18. The lowest BCUT2D eigenvalue weighted by Crippen LogP contribution is -2.01. The van der Waals surface area contributed by atoms with E-state index in [-0.39, 0.29) is 0 Å². The van der Waals surface area contributed by atoms with Crippen LogP contribution in [0.25, 0.3) is 0 Å². The van der Waals surface area contributed by atoms with Crippen molar-refractivity contribution in [3.8, 4) is 0 Å². The van der Waals surface area contributed by atoms with Crippen molar-refractivity contribution in [1.82, 2.24) is 0 Å². The molecule has 5 heteroatoms. The van der Waals surface area contributed by atoms with Crippen LogP contribution in [0.2, 0.25) is 0 Å². The Morgan fingerprint density at radius 3 is 2.89 bits per heavy atom. The quantitative estimate of drug-likeness (QED) is 0.572. The van der Waals surface area contributed by atoms with Gasteiger partial charge in [0.15, 0.2) is 0 Å². The standard InChI is InChI=1S/C4H3BrN2O2/c5-3-1-4(7-6-3)9-2-8/h2H,1H2. The van der Waals surface area contributed by atoms with Crippen LogP contribution in [0.15, 0.2) is 10.2 Å². The Kier molecular flexibility index (Phi) is 1.94. The summed E-state index contributed by atoms with van der Waals surface area (Å²) < 4.78 is 5.08. The summed E-state index contributed by atoms with van der Waals surface area (Å²) in [4.78, 5) is 9.70. The Bertz CT molecular complexity index is 187. The number of hydrogen-bond acceptors (Lipinski definition) is 4. The first-order valence-electron chi connectivity index (χ1n) is 2.22. The maximum Gasteiger partial charge on any atom is 0.299 e. The maximum atomic E-state index is 9.70. The van der Waals surface area contributed by atoms with Gasteiger partial charge in [0.2, 0.25) is 5.90 Å². The zero-order valence-electron chi connectivity index (χ0n) is 4.37. The van der Waals surface area contributed by atoms with Gasteiger partial charge in [0, 0.05) is 0 Å². The molecule has 0 bridgehead atoms. The second-order valence-corrected chi connectivity index (χ2v) is 2.28. The molecule has 1 aliphatic rings. The van der Waals surface area contributed by atoms with E-state index >= 15 is 0 Å². The predicted molar refractivity (Wildman–Crippen MR) is 35.6 cm³/mol. The lowest BCUT2D eigenvalue weighted by atomic mass is 10.5. The highest BCUT2D eigenvalue weighted by atomic mass is 79.9. The van der Waals surface area contributed by atoms with Crippen molar-refractivity contribution in [2.75, 3.05) is 0 Å². The smallest absolute Gasteiger partial charge is 0.299 e. The van der Waals surface area contributed by atoms with Gasteiger partial charge in [0.25, 0.3) is 6.47 Å². The van der Waals surface area contributed by atoms with E-state index in [1.54, 1.807) is 0 Å². The molecule has 0 spiro atoms. The minimum absolute atomic E-state index is 0.330. The van der Waals surface area contributed by atoms with Gasteiger partial charge in [-0.3, -0.25) is 4.79 Å². The molecule has 0 fully saturated rings. The van der Waals surface area contributed by atoms with E-state index in [0.717, 1.165) is 0 Å². The summed E-state index contributed by atoms with van der Waals surface area (Å²) >= 11 is 3.09. The summed E-state index contributed by atoms with van der Waals surface area (Å²) in [7, 11) is 0. The van der Waals surface area contributed by atoms with Crippen LogP contribution < -0.4 is 0 Å². The van der Waals surface area contributed by atoms with Gasteiger partial charge < -0.3 is 4.74 Å². The highest BCUT2D eigenvalue weighted by Crippen LogP contribution is 2.06. The lowest BCUT2D eigenvalue weighted by molar-refractivity contribution is -0.121. The Labute approximate surface area is 59.7 Å². The summed E-state index contributed by atoms with van der Waals surface area (Å²) in [6.45, 7) is 0.333. The summed E-state index contributed by atoms with van der Waals surface area (Å²) in [5.41, 5.74) is 0. The summed E-state index contributed by atoms with van der Waals surface area (Å²) in [5.74, 6) is 0.330. The molecular weight excluding hydrogens is 188 g/mol. The SMILES string of the molecule is O=COC1=NN=C(Br)C1. The Balaban J connectivity index is 2.43. The molecule has 0 atom stereocenters. The third-order valence-corrected chi connectivity index (χ3v) is 1.19. The highest BCUT2D eigenvalue weighted by Gasteiger charge is 2.09. The van der Waals surface area contributed by atoms with Crippen molar-refractivity contribution in [2.45, 2.75) is 6.42 Å². The Morgan fingerprint density at radius 2 is 2.44 bits per heavy atom. The van der Waals surface area contributed by atoms with Gasteiger partial charge in [-0.15, -0.1) is 10.2 Å². The summed E-state index contributed by atoms with van der Waals surface area (Å²) in [6, 6.07) is 0. The number of nitrogens with zero attached hydrogens (tertiary/aromatic N) is 2. The van der Waals surface area contributed by atoms with Crippen molar-refractivity contribution in [3.63, 3.8) is 0 Å². The average molecular weight is 191 g/mol. The first-order valence-corrected chi connectivity index (χ1v) is 3.01. The van der Waals surface area contributed by atoms with Gasteiger partial charge in [-0.25, -0.2) is 0 Å². The number of ether oxygens (including phenoxy) is 1. The van der Waals surface area contributed by atoms with Gasteiger partial charge in [-0.1, -0.05) is 0 Å². The van der Waals surface area contributed by atoms with Gasteiger partial charge in [0.1, 0.15) is 4.62 Å². The number of rotatable bonds is 1. The molecule has 0 radical (unpaired) electrons. The van der Waals surface area contributed by atoms with Crippen LogP contribution >= 0.6 is 15.9 Å². The molecule has 0 amide bonds. The average Bonchev–Trinajstić information content (AvgIpc) is 2.17. The molecule has 0 aromatic heterocycles. The van der Waals surface area contributed by atoms with Crippen molar-refractivity contribution >= 4 is 32.9 Å². The number of halogens is 1. The normalized spacial score (nSPS) is 16.6. The molecule has 0 aromatic carbocycles. The van der Waals surface area contributed by atoms with Crippen molar-refractivity contribution in [2.24, 2.45) is 10.2 Å². The van der Waals surface area contributed by atoms with Crippen molar-refractivity contribution < 1.29 is 9.53 Å². The number of hydrogen-bond donors (Lipinski definition) is 0. The summed E-state index contributed by atoms with van der Waals surface area (Å²) in [5, 5.41) is 7.08. The van der Waals surface area contributed by atoms with Crippen LogP contribution in [0.1, 0.15) is 6.42 Å². The first kappa shape index (κ1) is 6.41. The zero-order chi connectivity index (χ0) is 6.69. The molecular formula is C4H3BrN2O2. The fraction of sp³-hybridized carbons (Fsp3) is 0.250. The molecule has 0 saturated heterocycles. The lowest BCUT2D eigenvalue weighted by Gasteiger charge is -1.89. The van der Waals surface area contributed by atoms with Gasteiger partial charge >= 0.3 is 0 Å². The van der Waals surface area contributed by atoms with E-state index in [4.69, 9.17) is 0 Å². The largest absolute Gasteiger partial charge is 0.412 e. The number of carbonyl (C=O) groups excluding carboxylic acids is 1. The molecule has 4 nitrogen and oxygen atoms in total. The van der Waals surface area contributed by atoms with Crippen LogP contribution in [0.5, 0.6) is 0 Å². The topological polar surface area (TPSA) is 51.0 Å². The van der Waals surface area contributed by atoms with Crippen LogP contribution in [0, 0.1) is 0 Å². The van der Waals surface area contributed by atoms with Crippen LogP contribution in [0.4, 0.5) is 0 Å². The zero-order valence-corrected chi connectivity index (χ0v) is 5.96. The molecule has 0 aliphatic carbocycles. The minimum atomic E-state index is 0.330. The fourth-order valence-corrected chi connectivity index (χ4v) is 0.745. The predicted octanol–water partition coefficient (Wildman–Crippen LogP) is 0.670. The second kappa shape index (κ2) is 2.72. The fourth-order valence-electron chi connectivity index (χ4n) is 0.426. The minimum Gasteiger partial charge on any atom is -0.412 e. The van der Waals surface area contributed by atoms with E-state index in [1.807, 2.05) is 0 Å². The first-order chi connectivity index (χ1) is 4.33. The molecule has 0 aromatic rings. The van der Waals surface area contributed by atoms with E-state index < -0.39 is 0 Å². The van der Waals surface area contributed by atoms with Crippen LogP contribution in [-0.2, 0) is 9.53 Å². The molecule has 48 valence electrons. The second-order valence-electron chi connectivity index (χ2n) is 1.36. The van der Waals surface area contributed by atoms with E-state index in [2.05, 4.69) is 30.9 Å². The Morgan fingerprint density at radius 1 is 1.67 bits per heavy atom. The van der Waals surface area contributed by atoms with Crippen molar-refractivity contribution in [1.29, 1.82) is 0 Å². The van der Waals surface area contributed by atoms with Gasteiger partial charge in [0.05, 0.1) is 6.42 Å². The molecule has 1 heterocycles. The maximum absolute atomic E-state index is 9.70. The van der Waals surface area contributed by atoms with Gasteiger partial charge in [-0.2, -0.15) is 0 Å². The molecule has 1 rings (SSSR count). The molecule has 0 N–H and O–H groups in total. The Hall–Kier alpha value is -0.710. The van der Waals surface area contributed by atoms with Gasteiger partial charge in [-0.05, 0) is 15.9 Å². The molecule has 1 aliphatic heterocycles. The van der Waals surface area contributed by atoms with E-state index in [1.165, 1.54) is 0 Å². The van der Waals surface area contributed by atoms with E-state index in [0.29, 0.717) is 23.4 Å². The van der Waals surface area contributed by atoms with Crippen molar-refractivity contribution in [3.05, 3.63) is 0 Å². The van der Waals surface area contributed by atoms with Crippen LogP contribution in [-0.4, -0.2) is 17.0 Å². The van der Waals surface area contributed by atoms with E-state index in [9.17, 15) is 4.79 Å². The summed E-state index contributed by atoms with van der Waals surface area (Å²) in [6.07, 6.45) is 0.471. The third-order valence-electron chi connectivity index (χ3n) is 0.751. The van der Waals surface area contributed by atoms with Crippen LogP contribution in [0.3, 0.4) is 0 Å². The molecule has 0 unspecified atom stereocenters. The third kappa shape index (κ3) is 1.60.